The topological polar surface area (TPSA) is 118 Å². The predicted octanol–water partition coefficient (Wildman–Crippen LogP) is 0.226. The molecule has 6 nitrogen and oxygen atoms in total. The Morgan fingerprint density at radius 3 is 2.11 bits per heavy atom. The van der Waals surface area contributed by atoms with Gasteiger partial charge in [0.25, 0.3) is 0 Å². The number of aliphatic hydroxyl groups excluding tert-OH is 2. The minimum absolute atomic E-state index is 0.0112. The lowest BCUT2D eigenvalue weighted by atomic mass is 10.0. The molecule has 0 amide bonds. The minimum atomic E-state index is -2.16. The lowest BCUT2D eigenvalue weighted by Gasteiger charge is -2.19. The van der Waals surface area contributed by atoms with Crippen LogP contribution < -0.4 is 0 Å². The Balaban J connectivity index is 3.57. The Hall–Kier alpha value is -0.690. The number of carbonyl (C=O) groups is 1. The normalized spacial score (nSPS) is 13.6. The first kappa shape index (κ1) is 17.3. The minimum Gasteiger partial charge on any atom is -0.481 e. The summed E-state index contributed by atoms with van der Waals surface area (Å²) < 4.78 is 0. The van der Waals surface area contributed by atoms with Crippen molar-refractivity contribution < 1.29 is 30.3 Å². The number of aliphatic carboxylic acids is 1. The van der Waals surface area contributed by atoms with Crippen LogP contribution in [0.15, 0.2) is 0 Å². The second-order valence-electron chi connectivity index (χ2n) is 4.67. The first-order chi connectivity index (χ1) is 8.37. The molecule has 0 aromatic rings. The van der Waals surface area contributed by atoms with Crippen LogP contribution in [0.1, 0.15) is 51.4 Å². The number of hydrogen-bond donors (Lipinski definition) is 5. The Labute approximate surface area is 107 Å². The monoisotopic (exact) mass is 264 g/mol. The van der Waals surface area contributed by atoms with Gasteiger partial charge in [-0.25, -0.2) is 0 Å². The Kier molecular flexibility index (Phi) is 8.91. The highest BCUT2D eigenvalue weighted by molar-refractivity contribution is 5.67. The zero-order valence-corrected chi connectivity index (χ0v) is 10.6. The number of rotatable bonds is 11. The molecule has 18 heavy (non-hydrogen) atoms. The van der Waals surface area contributed by atoms with Gasteiger partial charge in [-0.1, -0.05) is 6.42 Å². The molecule has 5 N–H and O–H groups in total. The average Bonchev–Trinajstić information content (AvgIpc) is 2.23. The maximum atomic E-state index is 10.3. The van der Waals surface area contributed by atoms with Crippen LogP contribution in [-0.4, -0.2) is 50.0 Å². The largest absolute Gasteiger partial charge is 0.481 e. The summed E-state index contributed by atoms with van der Waals surface area (Å²) in [4.78, 5) is 10.3. The molecule has 1 unspecified atom stereocenters. The molecule has 0 fully saturated rings. The van der Waals surface area contributed by atoms with Crippen LogP contribution in [-0.2, 0) is 4.79 Å². The molecular formula is C12H24O6. The lowest BCUT2D eigenvalue weighted by Crippen LogP contribution is -2.31. The van der Waals surface area contributed by atoms with E-state index in [1.54, 1.807) is 0 Å². The summed E-state index contributed by atoms with van der Waals surface area (Å²) in [6.07, 6.45) is 2.54. The van der Waals surface area contributed by atoms with E-state index in [9.17, 15) is 20.1 Å². The van der Waals surface area contributed by atoms with E-state index >= 15 is 0 Å². The van der Waals surface area contributed by atoms with E-state index in [1.807, 2.05) is 0 Å². The highest BCUT2D eigenvalue weighted by Gasteiger charge is 2.25. The van der Waals surface area contributed by atoms with Crippen LogP contribution in [0.25, 0.3) is 0 Å². The van der Waals surface area contributed by atoms with Crippen LogP contribution in [0.5, 0.6) is 0 Å². The van der Waals surface area contributed by atoms with Crippen molar-refractivity contribution in [1.29, 1.82) is 0 Å². The van der Waals surface area contributed by atoms with Gasteiger partial charge in [0.15, 0.2) is 5.79 Å². The van der Waals surface area contributed by atoms with E-state index in [1.165, 1.54) is 0 Å². The summed E-state index contributed by atoms with van der Waals surface area (Å²) in [6.45, 7) is 0.124. The van der Waals surface area contributed by atoms with E-state index in [-0.39, 0.29) is 13.0 Å². The average molecular weight is 264 g/mol. The lowest BCUT2D eigenvalue weighted by molar-refractivity contribution is -0.184. The number of carboxylic acid groups (broad SMARTS) is 1. The molecular weight excluding hydrogens is 240 g/mol. The van der Waals surface area contributed by atoms with E-state index in [0.29, 0.717) is 32.1 Å². The summed E-state index contributed by atoms with van der Waals surface area (Å²) in [5.74, 6) is -3.41. The third kappa shape index (κ3) is 10.5. The quantitative estimate of drug-likeness (QED) is 0.269. The van der Waals surface area contributed by atoms with Crippen LogP contribution in [0.2, 0.25) is 0 Å². The van der Waals surface area contributed by atoms with Crippen molar-refractivity contribution in [3.8, 4) is 0 Å². The predicted molar refractivity (Wildman–Crippen MR) is 64.8 cm³/mol. The van der Waals surface area contributed by atoms with E-state index in [4.69, 9.17) is 10.2 Å². The first-order valence-corrected chi connectivity index (χ1v) is 6.33. The van der Waals surface area contributed by atoms with Gasteiger partial charge < -0.3 is 25.5 Å². The maximum Gasteiger partial charge on any atom is 0.308 e. The zero-order valence-electron chi connectivity index (χ0n) is 10.6. The molecule has 0 heterocycles. The Morgan fingerprint density at radius 1 is 1.06 bits per heavy atom. The van der Waals surface area contributed by atoms with Crippen molar-refractivity contribution in [2.24, 2.45) is 0 Å². The molecule has 1 atom stereocenters. The van der Waals surface area contributed by atoms with Gasteiger partial charge in [0.2, 0.25) is 0 Å². The highest BCUT2D eigenvalue weighted by Crippen LogP contribution is 2.17. The zero-order chi connectivity index (χ0) is 14.0. The third-order valence-corrected chi connectivity index (χ3v) is 2.74. The third-order valence-electron chi connectivity index (χ3n) is 2.74. The highest BCUT2D eigenvalue weighted by atomic mass is 16.5. The fourth-order valence-corrected chi connectivity index (χ4v) is 1.75. The molecule has 0 saturated carbocycles. The molecule has 0 saturated heterocycles. The standard InChI is InChI=1S/C12H24O6/c13-8-4-2-6-10(14)5-1-3-7-12(17,18)9-11(15)16/h10,13-14,17-18H,1-9H2,(H,15,16). The number of unbranched alkanes of at least 4 members (excludes halogenated alkanes) is 2. The molecule has 0 aromatic heterocycles. The molecule has 0 rings (SSSR count). The van der Waals surface area contributed by atoms with E-state index in [2.05, 4.69) is 0 Å². The summed E-state index contributed by atoms with van der Waals surface area (Å²) in [7, 11) is 0. The second kappa shape index (κ2) is 9.27. The van der Waals surface area contributed by atoms with Crippen molar-refractivity contribution in [2.75, 3.05) is 6.61 Å². The van der Waals surface area contributed by atoms with Crippen LogP contribution in [0, 0.1) is 0 Å². The molecule has 0 aromatic carbocycles. The van der Waals surface area contributed by atoms with Crippen LogP contribution in [0.3, 0.4) is 0 Å². The molecule has 0 spiro atoms. The van der Waals surface area contributed by atoms with Crippen molar-refractivity contribution in [1.82, 2.24) is 0 Å². The Bertz CT molecular complexity index is 229. The van der Waals surface area contributed by atoms with Gasteiger partial charge in [-0.15, -0.1) is 0 Å². The van der Waals surface area contributed by atoms with Crippen LogP contribution in [0.4, 0.5) is 0 Å². The number of carboxylic acids is 1. The fraction of sp³-hybridized carbons (Fsp3) is 0.917. The maximum absolute atomic E-state index is 10.3. The van der Waals surface area contributed by atoms with E-state index < -0.39 is 24.3 Å². The molecule has 0 radical (unpaired) electrons. The van der Waals surface area contributed by atoms with Gasteiger partial charge in [-0.3, -0.25) is 4.79 Å². The smallest absolute Gasteiger partial charge is 0.308 e. The summed E-state index contributed by atoms with van der Waals surface area (Å²) in [5, 5.41) is 45.2. The van der Waals surface area contributed by atoms with Gasteiger partial charge in [0, 0.05) is 13.0 Å². The summed E-state index contributed by atoms with van der Waals surface area (Å²) >= 11 is 0. The summed E-state index contributed by atoms with van der Waals surface area (Å²) in [6, 6.07) is 0. The van der Waals surface area contributed by atoms with Crippen molar-refractivity contribution in [2.45, 2.75) is 63.3 Å². The summed E-state index contributed by atoms with van der Waals surface area (Å²) in [5.41, 5.74) is 0. The first-order valence-electron chi connectivity index (χ1n) is 6.33. The second-order valence-corrected chi connectivity index (χ2v) is 4.67. The molecule has 108 valence electrons. The van der Waals surface area contributed by atoms with E-state index in [0.717, 1.165) is 6.42 Å². The molecule has 0 aliphatic carbocycles. The van der Waals surface area contributed by atoms with Gasteiger partial charge in [0.1, 0.15) is 0 Å². The molecule has 0 aliphatic heterocycles. The fourth-order valence-electron chi connectivity index (χ4n) is 1.75. The van der Waals surface area contributed by atoms with Gasteiger partial charge in [0.05, 0.1) is 12.5 Å². The molecule has 0 aliphatic rings. The van der Waals surface area contributed by atoms with Gasteiger partial charge >= 0.3 is 5.97 Å². The molecule has 6 heteroatoms. The Morgan fingerprint density at radius 2 is 1.61 bits per heavy atom. The van der Waals surface area contributed by atoms with Crippen molar-refractivity contribution >= 4 is 5.97 Å². The van der Waals surface area contributed by atoms with Crippen molar-refractivity contribution in [3.05, 3.63) is 0 Å². The van der Waals surface area contributed by atoms with Gasteiger partial charge in [-0.2, -0.15) is 0 Å². The number of hydrogen-bond acceptors (Lipinski definition) is 5. The van der Waals surface area contributed by atoms with Crippen LogP contribution >= 0.6 is 0 Å². The molecule has 0 bridgehead atoms. The number of aliphatic hydroxyl groups is 4. The SMILES string of the molecule is O=C(O)CC(O)(O)CCCCC(O)CCCCO. The van der Waals surface area contributed by atoms with Gasteiger partial charge in [-0.05, 0) is 32.1 Å². The van der Waals surface area contributed by atoms with Crippen molar-refractivity contribution in [3.63, 3.8) is 0 Å².